The summed E-state index contributed by atoms with van der Waals surface area (Å²) in [4.78, 5) is 2.48. The van der Waals surface area contributed by atoms with Gasteiger partial charge in [0.15, 0.2) is 0 Å². The Bertz CT molecular complexity index is 417. The van der Waals surface area contributed by atoms with Crippen LogP contribution in [0.25, 0.3) is 6.08 Å². The first-order valence-electron chi connectivity index (χ1n) is 6.87. The number of methoxy groups -OCH3 is 2. The van der Waals surface area contributed by atoms with E-state index in [1.807, 2.05) is 18.2 Å². The molecule has 0 bridgehead atoms. The topological polar surface area (TPSA) is 21.7 Å². The fourth-order valence-electron chi connectivity index (χ4n) is 2.64. The predicted octanol–water partition coefficient (Wildman–Crippen LogP) is 2.82. The summed E-state index contributed by atoms with van der Waals surface area (Å²) in [6, 6.07) is 8.67. The van der Waals surface area contributed by atoms with Crippen molar-refractivity contribution in [3.63, 3.8) is 0 Å². The molecule has 1 saturated heterocycles. The van der Waals surface area contributed by atoms with Gasteiger partial charge in [-0.05, 0) is 25.5 Å². The zero-order valence-corrected chi connectivity index (χ0v) is 11.8. The Hall–Kier alpha value is -1.32. The zero-order valence-electron chi connectivity index (χ0n) is 11.8. The highest BCUT2D eigenvalue weighted by molar-refractivity contribution is 5.57. The molecule has 0 saturated carbocycles. The predicted molar refractivity (Wildman–Crippen MR) is 78.5 cm³/mol. The fraction of sp³-hybridized carbons (Fsp3) is 0.500. The molecule has 104 valence electrons. The molecule has 0 aliphatic carbocycles. The maximum absolute atomic E-state index is 5.34. The molecule has 3 heteroatoms. The molecule has 1 aromatic carbocycles. The van der Waals surface area contributed by atoms with Crippen molar-refractivity contribution in [3.05, 3.63) is 35.9 Å². The van der Waals surface area contributed by atoms with E-state index in [1.54, 1.807) is 14.2 Å². The van der Waals surface area contributed by atoms with E-state index in [1.165, 1.54) is 19.4 Å². The number of ether oxygens (including phenoxy) is 2. The van der Waals surface area contributed by atoms with Crippen LogP contribution >= 0.6 is 0 Å². The van der Waals surface area contributed by atoms with E-state index in [-0.39, 0.29) is 0 Å². The lowest BCUT2D eigenvalue weighted by Gasteiger charge is -2.22. The SMILES string of the molecule is COCC1CCCN1C/C=C\c1ccccc1OC. The number of likely N-dealkylation sites (tertiary alicyclic amines) is 1. The number of benzene rings is 1. The van der Waals surface area contributed by atoms with Crippen molar-refractivity contribution in [2.45, 2.75) is 18.9 Å². The van der Waals surface area contributed by atoms with Crippen LogP contribution in [0.5, 0.6) is 5.75 Å². The Morgan fingerprint density at radius 1 is 1.32 bits per heavy atom. The highest BCUT2D eigenvalue weighted by Gasteiger charge is 2.22. The second kappa shape index (κ2) is 7.31. The molecule has 1 aromatic rings. The van der Waals surface area contributed by atoms with Crippen LogP contribution in [-0.2, 0) is 4.74 Å². The maximum atomic E-state index is 5.34. The van der Waals surface area contributed by atoms with Gasteiger partial charge in [-0.1, -0.05) is 30.4 Å². The minimum absolute atomic E-state index is 0.576. The largest absolute Gasteiger partial charge is 0.496 e. The number of para-hydroxylation sites is 1. The summed E-state index contributed by atoms with van der Waals surface area (Å²) < 4.78 is 10.6. The van der Waals surface area contributed by atoms with Gasteiger partial charge in [0.1, 0.15) is 5.75 Å². The number of hydrogen-bond acceptors (Lipinski definition) is 3. The van der Waals surface area contributed by atoms with Gasteiger partial charge in [-0.2, -0.15) is 0 Å². The standard InChI is InChI=1S/C16H23NO2/c1-18-13-15-9-6-12-17(15)11-5-8-14-7-3-4-10-16(14)19-2/h3-5,7-8,10,15H,6,9,11-13H2,1-2H3/b8-5-. The molecular weight excluding hydrogens is 238 g/mol. The van der Waals surface area contributed by atoms with Crippen LogP contribution in [0.15, 0.2) is 30.3 Å². The van der Waals surface area contributed by atoms with Crippen molar-refractivity contribution in [2.75, 3.05) is 33.9 Å². The first kappa shape index (κ1) is 14.1. The van der Waals surface area contributed by atoms with E-state index in [9.17, 15) is 0 Å². The third kappa shape index (κ3) is 3.82. The van der Waals surface area contributed by atoms with Gasteiger partial charge in [0, 0.05) is 25.3 Å². The van der Waals surface area contributed by atoms with Crippen LogP contribution in [0.3, 0.4) is 0 Å². The third-order valence-electron chi connectivity index (χ3n) is 3.63. The third-order valence-corrected chi connectivity index (χ3v) is 3.63. The van der Waals surface area contributed by atoms with Crippen LogP contribution in [0.4, 0.5) is 0 Å². The van der Waals surface area contributed by atoms with Crippen LogP contribution in [-0.4, -0.2) is 44.9 Å². The summed E-state index contributed by atoms with van der Waals surface area (Å²) in [5.41, 5.74) is 1.13. The van der Waals surface area contributed by atoms with E-state index < -0.39 is 0 Å². The lowest BCUT2D eigenvalue weighted by molar-refractivity contribution is 0.122. The molecule has 19 heavy (non-hydrogen) atoms. The Kier molecular flexibility index (Phi) is 5.43. The molecule has 0 aromatic heterocycles. The van der Waals surface area contributed by atoms with E-state index in [0.29, 0.717) is 6.04 Å². The minimum Gasteiger partial charge on any atom is -0.496 e. The van der Waals surface area contributed by atoms with Crippen LogP contribution < -0.4 is 4.74 Å². The lowest BCUT2D eigenvalue weighted by Crippen LogP contribution is -2.32. The molecule has 1 fully saturated rings. The van der Waals surface area contributed by atoms with Crippen LogP contribution in [0.1, 0.15) is 18.4 Å². The average Bonchev–Trinajstić information content (AvgIpc) is 2.87. The lowest BCUT2D eigenvalue weighted by atomic mass is 10.2. The highest BCUT2D eigenvalue weighted by atomic mass is 16.5. The van der Waals surface area contributed by atoms with Crippen LogP contribution in [0.2, 0.25) is 0 Å². The molecule has 3 nitrogen and oxygen atoms in total. The van der Waals surface area contributed by atoms with Crippen molar-refractivity contribution in [1.29, 1.82) is 0 Å². The average molecular weight is 261 g/mol. The van der Waals surface area contributed by atoms with Gasteiger partial charge in [0.05, 0.1) is 13.7 Å². The van der Waals surface area contributed by atoms with Crippen molar-refractivity contribution < 1.29 is 9.47 Å². The molecule has 0 N–H and O–H groups in total. The van der Waals surface area contributed by atoms with Crippen molar-refractivity contribution >= 4 is 6.08 Å². The van der Waals surface area contributed by atoms with Crippen LogP contribution in [0, 0.1) is 0 Å². The first-order valence-corrected chi connectivity index (χ1v) is 6.87. The summed E-state index contributed by atoms with van der Waals surface area (Å²) in [5, 5.41) is 0. The summed E-state index contributed by atoms with van der Waals surface area (Å²) >= 11 is 0. The van der Waals surface area contributed by atoms with Gasteiger partial charge in [-0.15, -0.1) is 0 Å². The van der Waals surface area contributed by atoms with E-state index in [2.05, 4.69) is 23.1 Å². The molecule has 0 radical (unpaired) electrons. The Morgan fingerprint density at radius 3 is 2.95 bits per heavy atom. The minimum atomic E-state index is 0.576. The molecular formula is C16H23NO2. The molecule has 1 atom stereocenters. The summed E-state index contributed by atoms with van der Waals surface area (Å²) in [7, 11) is 3.49. The van der Waals surface area contributed by atoms with Gasteiger partial charge >= 0.3 is 0 Å². The van der Waals surface area contributed by atoms with Gasteiger partial charge in [0.25, 0.3) is 0 Å². The quantitative estimate of drug-likeness (QED) is 0.786. The van der Waals surface area contributed by atoms with E-state index in [4.69, 9.17) is 9.47 Å². The summed E-state index contributed by atoms with van der Waals surface area (Å²) in [6.07, 6.45) is 6.87. The Morgan fingerprint density at radius 2 is 2.16 bits per heavy atom. The molecule has 1 aliphatic rings. The van der Waals surface area contributed by atoms with Crippen molar-refractivity contribution in [2.24, 2.45) is 0 Å². The molecule has 1 aliphatic heterocycles. The monoisotopic (exact) mass is 261 g/mol. The molecule has 1 unspecified atom stereocenters. The number of nitrogens with zero attached hydrogens (tertiary/aromatic N) is 1. The smallest absolute Gasteiger partial charge is 0.126 e. The second-order valence-corrected chi connectivity index (χ2v) is 4.89. The maximum Gasteiger partial charge on any atom is 0.126 e. The number of hydrogen-bond donors (Lipinski definition) is 0. The molecule has 2 rings (SSSR count). The van der Waals surface area contributed by atoms with E-state index in [0.717, 1.165) is 24.5 Å². The van der Waals surface area contributed by atoms with Gasteiger partial charge < -0.3 is 9.47 Å². The molecule has 0 amide bonds. The first-order chi connectivity index (χ1) is 9.35. The molecule has 0 spiro atoms. The second-order valence-electron chi connectivity index (χ2n) is 4.89. The molecule has 1 heterocycles. The van der Waals surface area contributed by atoms with Crippen molar-refractivity contribution in [3.8, 4) is 5.75 Å². The zero-order chi connectivity index (χ0) is 13.5. The highest BCUT2D eigenvalue weighted by Crippen LogP contribution is 2.20. The Balaban J connectivity index is 1.92. The van der Waals surface area contributed by atoms with Gasteiger partial charge in [-0.25, -0.2) is 0 Å². The fourth-order valence-corrected chi connectivity index (χ4v) is 2.64. The van der Waals surface area contributed by atoms with Gasteiger partial charge in [0.2, 0.25) is 0 Å². The van der Waals surface area contributed by atoms with E-state index >= 15 is 0 Å². The summed E-state index contributed by atoms with van der Waals surface area (Å²) in [5.74, 6) is 0.925. The number of rotatable bonds is 6. The van der Waals surface area contributed by atoms with Gasteiger partial charge in [-0.3, -0.25) is 4.90 Å². The summed E-state index contributed by atoms with van der Waals surface area (Å²) in [6.45, 7) is 2.98. The normalized spacial score (nSPS) is 20.2. The Labute approximate surface area is 115 Å². The van der Waals surface area contributed by atoms with Crippen molar-refractivity contribution in [1.82, 2.24) is 4.90 Å².